The Morgan fingerprint density at radius 2 is 1.78 bits per heavy atom. The average molecular weight is 245 g/mol. The number of nitrogens with zero attached hydrogens (tertiary/aromatic N) is 1. The summed E-state index contributed by atoms with van der Waals surface area (Å²) >= 11 is 0. The molecule has 0 saturated carbocycles. The highest BCUT2D eigenvalue weighted by molar-refractivity contribution is 5.99. The smallest absolute Gasteiger partial charge is 0.178 e. The number of ketones is 1. The molecular formula is C14H15NO3. The number of fused-ring (bicyclic) bond motifs is 1. The molecule has 0 spiro atoms. The van der Waals surface area contributed by atoms with Crippen molar-refractivity contribution in [3.8, 4) is 11.5 Å². The summed E-state index contributed by atoms with van der Waals surface area (Å²) in [4.78, 5) is 15.8. The van der Waals surface area contributed by atoms with Gasteiger partial charge in [0.05, 0.1) is 14.2 Å². The van der Waals surface area contributed by atoms with Gasteiger partial charge < -0.3 is 9.47 Å². The lowest BCUT2D eigenvalue weighted by Crippen LogP contribution is -2.01. The lowest BCUT2D eigenvalue weighted by Gasteiger charge is -2.12. The van der Waals surface area contributed by atoms with E-state index in [1.165, 1.54) is 6.92 Å². The maximum atomic E-state index is 11.5. The molecule has 0 bridgehead atoms. The topological polar surface area (TPSA) is 48.4 Å². The van der Waals surface area contributed by atoms with Crippen LogP contribution in [0.4, 0.5) is 0 Å². The van der Waals surface area contributed by atoms with Crippen molar-refractivity contribution in [2.24, 2.45) is 0 Å². The SMILES string of the molecule is COc1ccc(OC)c2c(C)cc(C(C)=O)nc12. The summed E-state index contributed by atoms with van der Waals surface area (Å²) in [5.41, 5.74) is 2.04. The Kier molecular flexibility index (Phi) is 3.19. The fourth-order valence-electron chi connectivity index (χ4n) is 1.99. The summed E-state index contributed by atoms with van der Waals surface area (Å²) in [7, 11) is 3.19. The minimum Gasteiger partial charge on any atom is -0.496 e. The summed E-state index contributed by atoms with van der Waals surface area (Å²) in [5, 5.41) is 0.877. The van der Waals surface area contributed by atoms with Crippen LogP contribution in [0.15, 0.2) is 18.2 Å². The summed E-state index contributed by atoms with van der Waals surface area (Å²) in [6, 6.07) is 5.40. The van der Waals surface area contributed by atoms with E-state index in [0.717, 1.165) is 16.7 Å². The molecule has 0 radical (unpaired) electrons. The van der Waals surface area contributed by atoms with E-state index >= 15 is 0 Å². The summed E-state index contributed by atoms with van der Waals surface area (Å²) in [5.74, 6) is 1.30. The second-order valence-corrected chi connectivity index (χ2v) is 4.07. The predicted octanol–water partition coefficient (Wildman–Crippen LogP) is 2.76. The maximum absolute atomic E-state index is 11.5. The van der Waals surface area contributed by atoms with Crippen molar-refractivity contribution in [1.82, 2.24) is 4.98 Å². The van der Waals surface area contributed by atoms with Crippen LogP contribution in [-0.4, -0.2) is 25.0 Å². The molecular weight excluding hydrogens is 230 g/mol. The Morgan fingerprint density at radius 1 is 1.17 bits per heavy atom. The van der Waals surface area contributed by atoms with Gasteiger partial charge in [-0.15, -0.1) is 0 Å². The minimum absolute atomic E-state index is 0.0649. The van der Waals surface area contributed by atoms with Crippen molar-refractivity contribution in [3.63, 3.8) is 0 Å². The number of pyridine rings is 1. The summed E-state index contributed by atoms with van der Waals surface area (Å²) < 4.78 is 10.6. The van der Waals surface area contributed by atoms with Crippen LogP contribution in [0, 0.1) is 6.92 Å². The molecule has 0 fully saturated rings. The number of carbonyl (C=O) groups excluding carboxylic acids is 1. The standard InChI is InChI=1S/C14H15NO3/c1-8-7-10(9(2)16)15-14-12(18-4)6-5-11(17-3)13(8)14/h5-7H,1-4H3. The van der Waals surface area contributed by atoms with Gasteiger partial charge in [-0.2, -0.15) is 0 Å². The zero-order chi connectivity index (χ0) is 13.3. The Hall–Kier alpha value is -2.10. The molecule has 18 heavy (non-hydrogen) atoms. The van der Waals surface area contributed by atoms with Crippen LogP contribution in [0.2, 0.25) is 0 Å². The molecule has 1 aromatic carbocycles. The van der Waals surface area contributed by atoms with Crippen LogP contribution in [-0.2, 0) is 0 Å². The monoisotopic (exact) mass is 245 g/mol. The first-order valence-corrected chi connectivity index (χ1v) is 5.61. The van der Waals surface area contributed by atoms with Gasteiger partial charge in [-0.3, -0.25) is 4.79 Å². The molecule has 0 saturated heterocycles. The van der Waals surface area contributed by atoms with E-state index in [-0.39, 0.29) is 5.78 Å². The van der Waals surface area contributed by atoms with Crippen molar-refractivity contribution in [2.75, 3.05) is 14.2 Å². The van der Waals surface area contributed by atoms with Gasteiger partial charge in [0.2, 0.25) is 0 Å². The van der Waals surface area contributed by atoms with Crippen LogP contribution >= 0.6 is 0 Å². The Balaban J connectivity index is 2.88. The van der Waals surface area contributed by atoms with E-state index in [0.29, 0.717) is 17.0 Å². The molecule has 0 unspecified atom stereocenters. The molecule has 4 nitrogen and oxygen atoms in total. The van der Waals surface area contributed by atoms with E-state index in [9.17, 15) is 4.79 Å². The van der Waals surface area contributed by atoms with Gasteiger partial charge in [0.25, 0.3) is 0 Å². The first-order valence-electron chi connectivity index (χ1n) is 5.61. The average Bonchev–Trinajstić information content (AvgIpc) is 2.37. The lowest BCUT2D eigenvalue weighted by atomic mass is 10.1. The lowest BCUT2D eigenvalue weighted by molar-refractivity contribution is 0.101. The highest BCUT2D eigenvalue weighted by Crippen LogP contribution is 2.34. The number of ether oxygens (including phenoxy) is 2. The molecule has 4 heteroatoms. The highest BCUT2D eigenvalue weighted by atomic mass is 16.5. The number of methoxy groups -OCH3 is 2. The third kappa shape index (κ3) is 1.90. The van der Waals surface area contributed by atoms with E-state index in [2.05, 4.69) is 4.98 Å². The summed E-state index contributed by atoms with van der Waals surface area (Å²) in [6.07, 6.45) is 0. The van der Waals surface area contributed by atoms with Crippen LogP contribution in [0.25, 0.3) is 10.9 Å². The van der Waals surface area contributed by atoms with Crippen LogP contribution in [0.3, 0.4) is 0 Å². The van der Waals surface area contributed by atoms with Crippen molar-refractivity contribution < 1.29 is 14.3 Å². The van der Waals surface area contributed by atoms with E-state index < -0.39 is 0 Å². The molecule has 0 aliphatic heterocycles. The molecule has 2 rings (SSSR count). The number of benzene rings is 1. The van der Waals surface area contributed by atoms with Crippen molar-refractivity contribution in [2.45, 2.75) is 13.8 Å². The van der Waals surface area contributed by atoms with Gasteiger partial charge in [-0.05, 0) is 30.7 Å². The highest BCUT2D eigenvalue weighted by Gasteiger charge is 2.14. The number of aromatic nitrogens is 1. The molecule has 1 heterocycles. The fraction of sp³-hybridized carbons (Fsp3) is 0.286. The van der Waals surface area contributed by atoms with Crippen LogP contribution in [0.5, 0.6) is 11.5 Å². The van der Waals surface area contributed by atoms with Crippen molar-refractivity contribution >= 4 is 16.7 Å². The Morgan fingerprint density at radius 3 is 2.33 bits per heavy atom. The van der Waals surface area contributed by atoms with E-state index in [4.69, 9.17) is 9.47 Å². The molecule has 94 valence electrons. The number of aryl methyl sites for hydroxylation is 1. The zero-order valence-electron chi connectivity index (χ0n) is 10.9. The number of hydrogen-bond acceptors (Lipinski definition) is 4. The second kappa shape index (κ2) is 4.64. The van der Waals surface area contributed by atoms with Gasteiger partial charge in [0.1, 0.15) is 22.7 Å². The molecule has 2 aromatic rings. The molecule has 0 aliphatic carbocycles. The van der Waals surface area contributed by atoms with Gasteiger partial charge >= 0.3 is 0 Å². The van der Waals surface area contributed by atoms with Gasteiger partial charge in [0, 0.05) is 12.3 Å². The fourth-order valence-corrected chi connectivity index (χ4v) is 1.99. The van der Waals surface area contributed by atoms with Gasteiger partial charge in [0.15, 0.2) is 5.78 Å². The maximum Gasteiger partial charge on any atom is 0.178 e. The second-order valence-electron chi connectivity index (χ2n) is 4.07. The van der Waals surface area contributed by atoms with Gasteiger partial charge in [-0.1, -0.05) is 0 Å². The largest absolute Gasteiger partial charge is 0.496 e. The van der Waals surface area contributed by atoms with Crippen molar-refractivity contribution in [3.05, 3.63) is 29.5 Å². The molecule has 0 amide bonds. The zero-order valence-corrected chi connectivity index (χ0v) is 10.9. The number of hydrogen-bond donors (Lipinski definition) is 0. The normalized spacial score (nSPS) is 10.4. The van der Waals surface area contributed by atoms with Gasteiger partial charge in [-0.25, -0.2) is 4.98 Å². The first-order chi connectivity index (χ1) is 8.58. The van der Waals surface area contributed by atoms with E-state index in [1.807, 2.05) is 13.0 Å². The van der Waals surface area contributed by atoms with Crippen LogP contribution < -0.4 is 9.47 Å². The molecule has 0 N–H and O–H groups in total. The van der Waals surface area contributed by atoms with Crippen molar-refractivity contribution in [1.29, 1.82) is 0 Å². The Labute approximate surface area is 106 Å². The third-order valence-electron chi connectivity index (χ3n) is 2.88. The third-order valence-corrected chi connectivity index (χ3v) is 2.88. The number of Topliss-reactive ketones (excluding diaryl/α,β-unsaturated/α-hetero) is 1. The minimum atomic E-state index is -0.0649. The Bertz CT molecular complexity index is 620. The van der Waals surface area contributed by atoms with E-state index in [1.54, 1.807) is 26.4 Å². The number of rotatable bonds is 3. The molecule has 0 aliphatic rings. The van der Waals surface area contributed by atoms with Crippen LogP contribution in [0.1, 0.15) is 23.0 Å². The summed E-state index contributed by atoms with van der Waals surface area (Å²) in [6.45, 7) is 3.43. The molecule has 1 aromatic heterocycles. The molecule has 0 atom stereocenters. The first kappa shape index (κ1) is 12.4. The number of carbonyl (C=O) groups is 1. The quantitative estimate of drug-likeness (QED) is 0.780. The predicted molar refractivity (Wildman–Crippen MR) is 69.6 cm³/mol.